The van der Waals surface area contributed by atoms with Crippen LogP contribution in [0.25, 0.3) is 0 Å². The van der Waals surface area contributed by atoms with Gasteiger partial charge < -0.3 is 10.4 Å². The number of hydrogen-bond acceptors (Lipinski definition) is 3. The van der Waals surface area contributed by atoms with Gasteiger partial charge in [-0.05, 0) is 30.9 Å². The van der Waals surface area contributed by atoms with Gasteiger partial charge in [0.15, 0.2) is 0 Å². The van der Waals surface area contributed by atoms with Gasteiger partial charge in [0, 0.05) is 12.7 Å². The quantitative estimate of drug-likeness (QED) is 0.760. The number of carbonyl (C=O) groups is 1. The molecule has 0 spiro atoms. The molecular formula is C10H12N2O2. The maximum absolute atomic E-state index is 10.6. The Labute approximate surface area is 82.0 Å². The smallest absolute Gasteiger partial charge is 0.335 e. The second kappa shape index (κ2) is 3.65. The number of rotatable bonds is 4. The van der Waals surface area contributed by atoms with Gasteiger partial charge in [-0.2, -0.15) is 0 Å². The van der Waals surface area contributed by atoms with Crippen LogP contribution in [0, 0.1) is 5.92 Å². The highest BCUT2D eigenvalue weighted by Crippen LogP contribution is 2.28. The monoisotopic (exact) mass is 192 g/mol. The summed E-state index contributed by atoms with van der Waals surface area (Å²) in [6, 6.07) is 3.05. The average molecular weight is 192 g/mol. The molecular weight excluding hydrogens is 180 g/mol. The highest BCUT2D eigenvalue weighted by atomic mass is 16.4. The van der Waals surface area contributed by atoms with Crippen LogP contribution in [0.5, 0.6) is 0 Å². The van der Waals surface area contributed by atoms with E-state index in [9.17, 15) is 4.79 Å². The number of carboxylic acid groups (broad SMARTS) is 1. The van der Waals surface area contributed by atoms with E-state index in [1.807, 2.05) is 0 Å². The van der Waals surface area contributed by atoms with Crippen LogP contribution in [0.2, 0.25) is 0 Å². The van der Waals surface area contributed by atoms with E-state index in [1.54, 1.807) is 6.07 Å². The summed E-state index contributed by atoms with van der Waals surface area (Å²) in [5.74, 6) is 0.490. The lowest BCUT2D eigenvalue weighted by Gasteiger charge is -2.04. The molecule has 2 rings (SSSR count). The van der Waals surface area contributed by atoms with E-state index in [4.69, 9.17) is 5.11 Å². The van der Waals surface area contributed by atoms with E-state index in [2.05, 4.69) is 10.3 Å². The highest BCUT2D eigenvalue weighted by molar-refractivity contribution is 5.88. The van der Waals surface area contributed by atoms with Crippen LogP contribution >= 0.6 is 0 Å². The van der Waals surface area contributed by atoms with Gasteiger partial charge in [-0.15, -0.1) is 0 Å². The van der Waals surface area contributed by atoms with Gasteiger partial charge in [-0.25, -0.2) is 9.78 Å². The second-order valence-corrected chi connectivity index (χ2v) is 3.56. The minimum Gasteiger partial charge on any atom is -0.478 e. The van der Waals surface area contributed by atoms with Crippen LogP contribution < -0.4 is 5.32 Å². The molecule has 0 saturated heterocycles. The number of pyridine rings is 1. The van der Waals surface area contributed by atoms with Gasteiger partial charge in [0.05, 0.1) is 5.56 Å². The third kappa shape index (κ3) is 2.22. The van der Waals surface area contributed by atoms with E-state index in [-0.39, 0.29) is 5.56 Å². The fraction of sp³-hybridized carbons (Fsp3) is 0.400. The summed E-state index contributed by atoms with van der Waals surface area (Å²) >= 11 is 0. The Morgan fingerprint density at radius 2 is 2.43 bits per heavy atom. The number of hydrogen-bond donors (Lipinski definition) is 2. The lowest BCUT2D eigenvalue weighted by Crippen LogP contribution is -2.06. The molecule has 0 aromatic carbocycles. The van der Waals surface area contributed by atoms with Crippen molar-refractivity contribution in [3.63, 3.8) is 0 Å². The average Bonchev–Trinajstić information content (AvgIpc) is 2.99. The molecule has 1 fully saturated rings. The molecule has 4 nitrogen and oxygen atoms in total. The van der Waals surface area contributed by atoms with Gasteiger partial charge in [-0.3, -0.25) is 0 Å². The Balaban J connectivity index is 2.01. The molecule has 0 radical (unpaired) electrons. The number of nitrogens with zero attached hydrogens (tertiary/aromatic N) is 1. The normalized spacial score (nSPS) is 15.1. The van der Waals surface area contributed by atoms with Crippen LogP contribution in [0.1, 0.15) is 23.2 Å². The first-order valence-corrected chi connectivity index (χ1v) is 4.69. The number of aromatic carboxylic acids is 1. The van der Waals surface area contributed by atoms with Crippen LogP contribution in [0.15, 0.2) is 18.3 Å². The van der Waals surface area contributed by atoms with Crippen molar-refractivity contribution in [2.24, 2.45) is 5.92 Å². The minimum absolute atomic E-state index is 0.276. The molecule has 1 heterocycles. The molecule has 1 saturated carbocycles. The zero-order chi connectivity index (χ0) is 9.97. The Morgan fingerprint density at radius 1 is 1.64 bits per heavy atom. The van der Waals surface area contributed by atoms with Gasteiger partial charge in [-0.1, -0.05) is 0 Å². The predicted molar refractivity (Wildman–Crippen MR) is 52.4 cm³/mol. The van der Waals surface area contributed by atoms with Crippen molar-refractivity contribution in [3.8, 4) is 0 Å². The molecule has 4 heteroatoms. The van der Waals surface area contributed by atoms with Crippen molar-refractivity contribution in [3.05, 3.63) is 23.9 Å². The molecule has 0 amide bonds. The van der Waals surface area contributed by atoms with Crippen LogP contribution in [-0.2, 0) is 0 Å². The van der Waals surface area contributed by atoms with E-state index >= 15 is 0 Å². The van der Waals surface area contributed by atoms with Crippen LogP contribution in [0.4, 0.5) is 5.82 Å². The molecule has 1 aliphatic rings. The third-order valence-corrected chi connectivity index (χ3v) is 2.28. The van der Waals surface area contributed by atoms with Gasteiger partial charge in [0.25, 0.3) is 0 Å². The first-order chi connectivity index (χ1) is 6.75. The van der Waals surface area contributed by atoms with E-state index in [0.29, 0.717) is 5.82 Å². The van der Waals surface area contributed by atoms with Crippen molar-refractivity contribution in [1.82, 2.24) is 4.98 Å². The van der Waals surface area contributed by atoms with E-state index < -0.39 is 5.97 Å². The zero-order valence-electron chi connectivity index (χ0n) is 7.73. The molecule has 1 aromatic heterocycles. The van der Waals surface area contributed by atoms with Crippen molar-refractivity contribution < 1.29 is 9.90 Å². The highest BCUT2D eigenvalue weighted by Gasteiger charge is 2.20. The summed E-state index contributed by atoms with van der Waals surface area (Å²) < 4.78 is 0. The van der Waals surface area contributed by atoms with Crippen LogP contribution in [0.3, 0.4) is 0 Å². The fourth-order valence-corrected chi connectivity index (χ4v) is 1.23. The van der Waals surface area contributed by atoms with Crippen molar-refractivity contribution in [2.45, 2.75) is 12.8 Å². The molecule has 0 atom stereocenters. The summed E-state index contributed by atoms with van der Waals surface area (Å²) in [4.78, 5) is 14.7. The van der Waals surface area contributed by atoms with Crippen molar-refractivity contribution in [2.75, 3.05) is 11.9 Å². The second-order valence-electron chi connectivity index (χ2n) is 3.56. The predicted octanol–water partition coefficient (Wildman–Crippen LogP) is 1.60. The lowest BCUT2D eigenvalue weighted by molar-refractivity contribution is 0.0697. The molecule has 0 aliphatic heterocycles. The maximum Gasteiger partial charge on any atom is 0.335 e. The zero-order valence-corrected chi connectivity index (χ0v) is 7.73. The Hall–Kier alpha value is -1.58. The number of anilines is 1. The van der Waals surface area contributed by atoms with E-state index in [1.165, 1.54) is 25.1 Å². The van der Waals surface area contributed by atoms with E-state index in [0.717, 1.165) is 12.5 Å². The fourth-order valence-electron chi connectivity index (χ4n) is 1.23. The molecule has 74 valence electrons. The summed E-state index contributed by atoms with van der Waals surface area (Å²) in [7, 11) is 0. The summed E-state index contributed by atoms with van der Waals surface area (Å²) in [5.41, 5.74) is 0.276. The summed E-state index contributed by atoms with van der Waals surface area (Å²) in [5, 5.41) is 11.9. The Bertz CT molecular complexity index is 348. The lowest BCUT2D eigenvalue weighted by atomic mass is 10.2. The van der Waals surface area contributed by atoms with Gasteiger partial charge in [0.1, 0.15) is 5.82 Å². The SMILES string of the molecule is O=C(O)c1ccnc(NCC2CC2)c1. The molecule has 1 aliphatic carbocycles. The van der Waals surface area contributed by atoms with Crippen molar-refractivity contribution >= 4 is 11.8 Å². The maximum atomic E-state index is 10.6. The molecule has 0 bridgehead atoms. The molecule has 14 heavy (non-hydrogen) atoms. The summed E-state index contributed by atoms with van der Waals surface area (Å²) in [6.07, 6.45) is 4.05. The van der Waals surface area contributed by atoms with Gasteiger partial charge >= 0.3 is 5.97 Å². The topological polar surface area (TPSA) is 62.2 Å². The standard InChI is InChI=1S/C10H12N2O2/c13-10(14)8-3-4-11-9(5-8)12-6-7-1-2-7/h3-5,7H,1-2,6H2,(H,11,12)(H,13,14). The van der Waals surface area contributed by atoms with Crippen LogP contribution in [-0.4, -0.2) is 22.6 Å². The first kappa shape index (κ1) is 8.99. The largest absolute Gasteiger partial charge is 0.478 e. The molecule has 2 N–H and O–H groups in total. The summed E-state index contributed by atoms with van der Waals surface area (Å²) in [6.45, 7) is 0.899. The van der Waals surface area contributed by atoms with Gasteiger partial charge in [0.2, 0.25) is 0 Å². The van der Waals surface area contributed by atoms with Crippen molar-refractivity contribution in [1.29, 1.82) is 0 Å². The third-order valence-electron chi connectivity index (χ3n) is 2.28. The number of nitrogens with one attached hydrogen (secondary N) is 1. The Morgan fingerprint density at radius 3 is 3.07 bits per heavy atom. The molecule has 1 aromatic rings. The Kier molecular flexibility index (Phi) is 2.35. The first-order valence-electron chi connectivity index (χ1n) is 4.69. The molecule has 0 unspecified atom stereocenters. The minimum atomic E-state index is -0.915. The number of carboxylic acids is 1. The number of aromatic nitrogens is 1.